The van der Waals surface area contributed by atoms with Crippen molar-refractivity contribution in [2.75, 3.05) is 10.5 Å². The Morgan fingerprint density at radius 3 is 2.73 bits per heavy atom. The molecule has 7 heteroatoms. The minimum Gasteiger partial charge on any atom is -0.506 e. The number of phenols is 1. The summed E-state index contributed by atoms with van der Waals surface area (Å²) in [4.78, 5) is 0. The molecule has 0 unspecified atom stereocenters. The molecule has 5 nitrogen and oxygen atoms in total. The summed E-state index contributed by atoms with van der Waals surface area (Å²) in [7, 11) is -3.68. The lowest BCUT2D eigenvalue weighted by molar-refractivity contribution is 0.476. The molecule has 2 N–H and O–H groups in total. The van der Waals surface area contributed by atoms with Gasteiger partial charge in [0.15, 0.2) is 5.75 Å². The van der Waals surface area contributed by atoms with Crippen LogP contribution in [-0.2, 0) is 10.0 Å². The van der Waals surface area contributed by atoms with E-state index in [9.17, 15) is 13.5 Å². The van der Waals surface area contributed by atoms with Crippen LogP contribution in [0.4, 0.5) is 5.69 Å². The highest BCUT2D eigenvalue weighted by Crippen LogP contribution is 2.26. The third-order valence-corrected chi connectivity index (χ3v) is 2.85. The second-order valence-corrected chi connectivity index (χ2v) is 4.81. The fraction of sp³-hybridized carbons (Fsp3) is 0.125. The normalized spacial score (nSPS) is 10.7. The van der Waals surface area contributed by atoms with Crippen LogP contribution in [0.5, 0.6) is 5.75 Å². The van der Waals surface area contributed by atoms with E-state index >= 15 is 0 Å². The Balaban J connectivity index is 2.92. The van der Waals surface area contributed by atoms with E-state index in [0.29, 0.717) is 0 Å². The summed E-state index contributed by atoms with van der Waals surface area (Å²) in [6, 6.07) is 5.41. The maximum Gasteiger partial charge on any atom is 0.246 e. The van der Waals surface area contributed by atoms with E-state index in [2.05, 4.69) is 4.72 Å². The maximum absolute atomic E-state index is 11.1. The van der Waals surface area contributed by atoms with Crippen molar-refractivity contribution in [3.8, 4) is 11.8 Å². The number of aromatic hydroxyl groups is 1. The van der Waals surface area contributed by atoms with E-state index in [0.717, 1.165) is 6.07 Å². The SMILES string of the molecule is N#CCS(=O)(=O)Nc1ccc(Cl)c(O)c1. The third kappa shape index (κ3) is 3.31. The van der Waals surface area contributed by atoms with Gasteiger partial charge < -0.3 is 5.11 Å². The average Bonchev–Trinajstić information content (AvgIpc) is 2.10. The van der Waals surface area contributed by atoms with Crippen LogP contribution < -0.4 is 4.72 Å². The van der Waals surface area contributed by atoms with Crippen molar-refractivity contribution in [1.82, 2.24) is 0 Å². The average molecular weight is 247 g/mol. The minimum atomic E-state index is -3.68. The number of hydrogen-bond acceptors (Lipinski definition) is 4. The van der Waals surface area contributed by atoms with Gasteiger partial charge in [-0.3, -0.25) is 4.72 Å². The molecule has 0 heterocycles. The van der Waals surface area contributed by atoms with Crippen molar-refractivity contribution < 1.29 is 13.5 Å². The zero-order chi connectivity index (χ0) is 11.5. The highest BCUT2D eigenvalue weighted by atomic mass is 35.5. The number of phenolic OH excluding ortho intramolecular Hbond substituents is 1. The van der Waals surface area contributed by atoms with Gasteiger partial charge in [-0.15, -0.1) is 0 Å². The fourth-order valence-electron chi connectivity index (χ4n) is 0.877. The molecule has 80 valence electrons. The second kappa shape index (κ2) is 4.38. The van der Waals surface area contributed by atoms with Crippen molar-refractivity contribution in [3.63, 3.8) is 0 Å². The Bertz CT molecular complexity index is 507. The molecule has 0 radical (unpaired) electrons. The molecule has 15 heavy (non-hydrogen) atoms. The largest absolute Gasteiger partial charge is 0.506 e. The molecule has 0 aliphatic heterocycles. The molecule has 0 bridgehead atoms. The number of nitrogens with zero attached hydrogens (tertiary/aromatic N) is 1. The number of rotatable bonds is 3. The van der Waals surface area contributed by atoms with Gasteiger partial charge in [0.25, 0.3) is 0 Å². The summed E-state index contributed by atoms with van der Waals surface area (Å²) in [5.74, 6) is -0.870. The van der Waals surface area contributed by atoms with Gasteiger partial charge in [-0.05, 0) is 12.1 Å². The Morgan fingerprint density at radius 2 is 2.20 bits per heavy atom. The number of nitrogens with one attached hydrogen (secondary N) is 1. The molecule has 0 saturated carbocycles. The van der Waals surface area contributed by atoms with Crippen LogP contribution in [0.25, 0.3) is 0 Å². The van der Waals surface area contributed by atoms with Crippen LogP contribution in [0.15, 0.2) is 18.2 Å². The van der Waals surface area contributed by atoms with E-state index in [1.807, 2.05) is 0 Å². The monoisotopic (exact) mass is 246 g/mol. The van der Waals surface area contributed by atoms with Gasteiger partial charge in [0.1, 0.15) is 5.75 Å². The van der Waals surface area contributed by atoms with Gasteiger partial charge in [-0.1, -0.05) is 11.6 Å². The molecule has 0 saturated heterocycles. The van der Waals surface area contributed by atoms with Crippen LogP contribution in [0.1, 0.15) is 0 Å². The molecule has 1 aromatic rings. The van der Waals surface area contributed by atoms with Gasteiger partial charge in [-0.2, -0.15) is 5.26 Å². The van der Waals surface area contributed by atoms with E-state index in [4.69, 9.17) is 16.9 Å². The van der Waals surface area contributed by atoms with Gasteiger partial charge in [0.05, 0.1) is 16.8 Å². The van der Waals surface area contributed by atoms with Crippen LogP contribution in [0, 0.1) is 11.3 Å². The molecule has 0 atom stereocenters. The Labute approximate surface area is 92.0 Å². The first kappa shape index (κ1) is 11.6. The van der Waals surface area contributed by atoms with Crippen molar-refractivity contribution in [3.05, 3.63) is 23.2 Å². The molecular weight excluding hydrogens is 240 g/mol. The standard InChI is InChI=1S/C8H7ClN2O3S/c9-7-2-1-6(5-8(7)12)11-15(13,14)4-3-10/h1-2,5,11-12H,4H2. The number of benzene rings is 1. The second-order valence-electron chi connectivity index (χ2n) is 2.69. The molecular formula is C8H7ClN2O3S. The summed E-state index contributed by atoms with van der Waals surface area (Å²) in [6.07, 6.45) is 0. The molecule has 1 aromatic carbocycles. The first-order valence-electron chi connectivity index (χ1n) is 3.80. The number of hydrogen-bond donors (Lipinski definition) is 2. The quantitative estimate of drug-likeness (QED) is 0.841. The smallest absolute Gasteiger partial charge is 0.246 e. The lowest BCUT2D eigenvalue weighted by Crippen LogP contribution is -2.15. The maximum atomic E-state index is 11.1. The topological polar surface area (TPSA) is 90.2 Å². The van der Waals surface area contributed by atoms with E-state index in [-0.39, 0.29) is 16.5 Å². The molecule has 1 rings (SSSR count). The lowest BCUT2D eigenvalue weighted by atomic mass is 10.3. The molecule has 0 spiro atoms. The van der Waals surface area contributed by atoms with Gasteiger partial charge in [0, 0.05) is 6.07 Å². The van der Waals surface area contributed by atoms with Crippen molar-refractivity contribution >= 4 is 27.3 Å². The number of anilines is 1. The first-order valence-corrected chi connectivity index (χ1v) is 5.83. The summed E-state index contributed by atoms with van der Waals surface area (Å²) in [6.45, 7) is 0. The van der Waals surface area contributed by atoms with Gasteiger partial charge in [0.2, 0.25) is 10.0 Å². The summed E-state index contributed by atoms with van der Waals surface area (Å²) in [5.41, 5.74) is 0.159. The van der Waals surface area contributed by atoms with Crippen LogP contribution in [0.2, 0.25) is 5.02 Å². The van der Waals surface area contributed by atoms with Crippen LogP contribution in [0.3, 0.4) is 0 Å². The van der Waals surface area contributed by atoms with Gasteiger partial charge >= 0.3 is 0 Å². The fourth-order valence-corrected chi connectivity index (χ4v) is 1.72. The Hall–Kier alpha value is -1.45. The zero-order valence-electron chi connectivity index (χ0n) is 7.44. The summed E-state index contributed by atoms with van der Waals surface area (Å²) < 4.78 is 24.4. The Kier molecular flexibility index (Phi) is 3.39. The Morgan fingerprint density at radius 1 is 1.53 bits per heavy atom. The molecule has 0 amide bonds. The highest BCUT2D eigenvalue weighted by Gasteiger charge is 2.10. The summed E-state index contributed by atoms with van der Waals surface area (Å²) in [5, 5.41) is 17.6. The van der Waals surface area contributed by atoms with E-state index < -0.39 is 15.8 Å². The van der Waals surface area contributed by atoms with Crippen molar-refractivity contribution in [2.24, 2.45) is 0 Å². The lowest BCUT2D eigenvalue weighted by Gasteiger charge is -2.05. The number of nitriles is 1. The first-order chi connectivity index (χ1) is 6.94. The molecule has 0 aromatic heterocycles. The van der Waals surface area contributed by atoms with Crippen LogP contribution >= 0.6 is 11.6 Å². The predicted molar refractivity (Wildman–Crippen MR) is 56.1 cm³/mol. The predicted octanol–water partition coefficient (Wildman–Crippen LogP) is 1.31. The molecule has 0 aliphatic rings. The van der Waals surface area contributed by atoms with Gasteiger partial charge in [-0.25, -0.2) is 8.42 Å². The van der Waals surface area contributed by atoms with Crippen molar-refractivity contribution in [2.45, 2.75) is 0 Å². The zero-order valence-corrected chi connectivity index (χ0v) is 9.01. The summed E-state index contributed by atoms with van der Waals surface area (Å²) >= 11 is 5.53. The number of halogens is 1. The van der Waals surface area contributed by atoms with Crippen LogP contribution in [-0.4, -0.2) is 19.3 Å². The molecule has 0 fully saturated rings. The van der Waals surface area contributed by atoms with E-state index in [1.54, 1.807) is 0 Å². The minimum absolute atomic E-state index is 0.123. The van der Waals surface area contributed by atoms with E-state index in [1.165, 1.54) is 18.2 Å². The molecule has 0 aliphatic carbocycles. The third-order valence-electron chi connectivity index (χ3n) is 1.47. The van der Waals surface area contributed by atoms with Crippen molar-refractivity contribution in [1.29, 1.82) is 5.26 Å². The highest BCUT2D eigenvalue weighted by molar-refractivity contribution is 7.92. The number of sulfonamides is 1.